The molecule has 0 aliphatic heterocycles. The number of halogens is 3. The Morgan fingerprint density at radius 3 is 2.15 bits per heavy atom. The van der Waals surface area contributed by atoms with Gasteiger partial charge in [0.25, 0.3) is 3.98 Å². The molecule has 0 aromatic heterocycles. The number of benzene rings is 1. The average Bonchev–Trinajstić information content (AvgIpc) is 2.03. The molecule has 0 bridgehead atoms. The Balaban J connectivity index is 2.64. The first kappa shape index (κ1) is 11.1. The highest BCUT2D eigenvalue weighted by Gasteiger charge is 2.24. The molecular formula is C9H9Cl3O. The summed E-state index contributed by atoms with van der Waals surface area (Å²) in [4.78, 5) is 0. The quantitative estimate of drug-likeness (QED) is 0.706. The summed E-state index contributed by atoms with van der Waals surface area (Å²) >= 11 is 16.5. The maximum atomic E-state index is 5.49. The van der Waals surface area contributed by atoms with Crippen LogP contribution in [0.2, 0.25) is 0 Å². The molecule has 0 heterocycles. The summed E-state index contributed by atoms with van der Waals surface area (Å²) in [7, 11) is 0. The number of rotatable bonds is 2. The lowest BCUT2D eigenvalue weighted by Crippen LogP contribution is -2.12. The highest BCUT2D eigenvalue weighted by Crippen LogP contribution is 2.33. The van der Waals surface area contributed by atoms with Crippen molar-refractivity contribution in [1.82, 2.24) is 0 Å². The van der Waals surface area contributed by atoms with E-state index in [9.17, 15) is 0 Å². The summed E-state index contributed by atoms with van der Waals surface area (Å²) in [6.45, 7) is 1.83. The van der Waals surface area contributed by atoms with Gasteiger partial charge < -0.3 is 4.74 Å². The van der Waals surface area contributed by atoms with Gasteiger partial charge in [0.05, 0.1) is 6.10 Å². The van der Waals surface area contributed by atoms with E-state index in [2.05, 4.69) is 0 Å². The standard InChI is InChI=1S/C9H9Cl3O/c1-7(13-9(10,11)12)8-5-3-2-4-6-8/h2-7H,1H3. The molecule has 72 valence electrons. The molecule has 1 unspecified atom stereocenters. The van der Waals surface area contributed by atoms with Crippen LogP contribution in [-0.2, 0) is 4.74 Å². The van der Waals surface area contributed by atoms with Crippen molar-refractivity contribution in [2.45, 2.75) is 17.0 Å². The molecule has 0 fully saturated rings. The van der Waals surface area contributed by atoms with Gasteiger partial charge in [0.15, 0.2) is 0 Å². The van der Waals surface area contributed by atoms with Crippen LogP contribution >= 0.6 is 34.8 Å². The molecule has 0 saturated heterocycles. The zero-order chi connectivity index (χ0) is 9.90. The zero-order valence-corrected chi connectivity index (χ0v) is 9.27. The lowest BCUT2D eigenvalue weighted by atomic mass is 10.1. The molecule has 1 nitrogen and oxygen atoms in total. The Hall–Kier alpha value is 0.0500. The first-order valence-electron chi connectivity index (χ1n) is 3.78. The van der Waals surface area contributed by atoms with Crippen molar-refractivity contribution < 1.29 is 4.74 Å². The van der Waals surface area contributed by atoms with E-state index in [4.69, 9.17) is 39.5 Å². The molecule has 0 N–H and O–H groups in total. The summed E-state index contributed by atoms with van der Waals surface area (Å²) in [5.41, 5.74) is 0.980. The highest BCUT2D eigenvalue weighted by molar-refractivity contribution is 6.66. The lowest BCUT2D eigenvalue weighted by Gasteiger charge is -2.18. The second kappa shape index (κ2) is 4.52. The third-order valence-electron chi connectivity index (χ3n) is 1.58. The van der Waals surface area contributed by atoms with E-state index in [-0.39, 0.29) is 6.10 Å². The molecular weight excluding hydrogens is 230 g/mol. The zero-order valence-electron chi connectivity index (χ0n) is 7.01. The topological polar surface area (TPSA) is 9.23 Å². The van der Waals surface area contributed by atoms with Gasteiger partial charge in [-0.3, -0.25) is 0 Å². The molecule has 1 rings (SSSR count). The Morgan fingerprint density at radius 2 is 1.69 bits per heavy atom. The van der Waals surface area contributed by atoms with Gasteiger partial charge in [-0.2, -0.15) is 0 Å². The van der Waals surface area contributed by atoms with E-state index in [0.717, 1.165) is 5.56 Å². The minimum atomic E-state index is -1.66. The first-order valence-corrected chi connectivity index (χ1v) is 4.92. The first-order chi connectivity index (χ1) is 5.99. The van der Waals surface area contributed by atoms with Crippen LogP contribution in [-0.4, -0.2) is 3.98 Å². The van der Waals surface area contributed by atoms with Gasteiger partial charge in [-0.05, 0) is 12.5 Å². The van der Waals surface area contributed by atoms with Gasteiger partial charge in [-0.1, -0.05) is 65.1 Å². The number of hydrogen-bond acceptors (Lipinski definition) is 1. The molecule has 13 heavy (non-hydrogen) atoms. The average molecular weight is 240 g/mol. The summed E-state index contributed by atoms with van der Waals surface area (Å²) < 4.78 is 3.46. The van der Waals surface area contributed by atoms with E-state index < -0.39 is 3.98 Å². The lowest BCUT2D eigenvalue weighted by molar-refractivity contribution is 0.0603. The molecule has 1 atom stereocenters. The number of ether oxygens (including phenoxy) is 1. The van der Waals surface area contributed by atoms with E-state index in [1.165, 1.54) is 0 Å². The second-order valence-electron chi connectivity index (χ2n) is 2.62. The van der Waals surface area contributed by atoms with Crippen molar-refractivity contribution in [3.63, 3.8) is 0 Å². The van der Waals surface area contributed by atoms with E-state index >= 15 is 0 Å². The fourth-order valence-electron chi connectivity index (χ4n) is 0.993. The predicted molar refractivity (Wildman–Crippen MR) is 56.2 cm³/mol. The Morgan fingerprint density at radius 1 is 1.15 bits per heavy atom. The van der Waals surface area contributed by atoms with Gasteiger partial charge in [-0.15, -0.1) is 0 Å². The summed E-state index contributed by atoms with van der Waals surface area (Å²) in [6.07, 6.45) is -0.228. The van der Waals surface area contributed by atoms with Crippen molar-refractivity contribution in [2.75, 3.05) is 0 Å². The highest BCUT2D eigenvalue weighted by atomic mass is 35.6. The molecule has 0 aliphatic rings. The fraction of sp³-hybridized carbons (Fsp3) is 0.333. The van der Waals surface area contributed by atoms with Crippen LogP contribution in [0.15, 0.2) is 30.3 Å². The molecule has 0 amide bonds. The molecule has 0 radical (unpaired) electrons. The van der Waals surface area contributed by atoms with E-state index in [1.807, 2.05) is 37.3 Å². The molecule has 0 aliphatic carbocycles. The summed E-state index contributed by atoms with van der Waals surface area (Å²) in [5.74, 6) is 0. The SMILES string of the molecule is CC(OC(Cl)(Cl)Cl)c1ccccc1. The normalized spacial score (nSPS) is 14.2. The fourth-order valence-corrected chi connectivity index (χ4v) is 1.39. The van der Waals surface area contributed by atoms with Crippen LogP contribution in [0.4, 0.5) is 0 Å². The van der Waals surface area contributed by atoms with E-state index in [0.29, 0.717) is 0 Å². The van der Waals surface area contributed by atoms with Gasteiger partial charge in [0, 0.05) is 0 Å². The van der Waals surface area contributed by atoms with Crippen molar-refractivity contribution in [2.24, 2.45) is 0 Å². The summed E-state index contributed by atoms with van der Waals surface area (Å²) in [5, 5.41) is 0. The predicted octanol–water partition coefficient (Wildman–Crippen LogP) is 4.09. The second-order valence-corrected chi connectivity index (χ2v) is 4.79. The van der Waals surface area contributed by atoms with E-state index in [1.54, 1.807) is 0 Å². The minimum Gasteiger partial charge on any atom is -0.327 e. The maximum absolute atomic E-state index is 5.49. The molecule has 1 aromatic rings. The smallest absolute Gasteiger partial charge is 0.297 e. The Bertz CT molecular complexity index is 255. The number of alkyl halides is 3. The van der Waals surface area contributed by atoms with Crippen LogP contribution in [0.1, 0.15) is 18.6 Å². The van der Waals surface area contributed by atoms with Gasteiger partial charge >= 0.3 is 0 Å². The Labute approximate surface area is 92.5 Å². The van der Waals surface area contributed by atoms with Crippen LogP contribution in [0.3, 0.4) is 0 Å². The molecule has 4 heteroatoms. The van der Waals surface area contributed by atoms with Crippen molar-refractivity contribution in [1.29, 1.82) is 0 Å². The largest absolute Gasteiger partial charge is 0.327 e. The monoisotopic (exact) mass is 238 g/mol. The number of hydrogen-bond donors (Lipinski definition) is 0. The van der Waals surface area contributed by atoms with Crippen LogP contribution in [0.5, 0.6) is 0 Å². The molecule has 1 aromatic carbocycles. The maximum Gasteiger partial charge on any atom is 0.297 e. The van der Waals surface area contributed by atoms with Crippen molar-refractivity contribution >= 4 is 34.8 Å². The third-order valence-corrected chi connectivity index (χ3v) is 1.85. The van der Waals surface area contributed by atoms with Crippen LogP contribution < -0.4 is 0 Å². The minimum absolute atomic E-state index is 0.228. The van der Waals surface area contributed by atoms with Gasteiger partial charge in [0.1, 0.15) is 0 Å². The molecule has 0 spiro atoms. The van der Waals surface area contributed by atoms with Crippen LogP contribution in [0, 0.1) is 0 Å². The summed E-state index contributed by atoms with van der Waals surface area (Å²) in [6, 6.07) is 9.58. The van der Waals surface area contributed by atoms with Crippen LogP contribution in [0.25, 0.3) is 0 Å². The van der Waals surface area contributed by atoms with Crippen molar-refractivity contribution in [3.05, 3.63) is 35.9 Å². The van der Waals surface area contributed by atoms with Gasteiger partial charge in [-0.25, -0.2) is 0 Å². The Kier molecular flexibility index (Phi) is 3.87. The molecule has 0 saturated carbocycles. The van der Waals surface area contributed by atoms with Crippen molar-refractivity contribution in [3.8, 4) is 0 Å². The third kappa shape index (κ3) is 4.19. The van der Waals surface area contributed by atoms with Gasteiger partial charge in [0.2, 0.25) is 0 Å².